The van der Waals surface area contributed by atoms with Crippen LogP contribution in [-0.4, -0.2) is 35.9 Å². The molecule has 0 unspecified atom stereocenters. The van der Waals surface area contributed by atoms with Crippen molar-refractivity contribution in [3.8, 4) is 22.4 Å². The van der Waals surface area contributed by atoms with Gasteiger partial charge in [0, 0.05) is 58.6 Å². The molecule has 49 heavy (non-hydrogen) atoms. The zero-order valence-corrected chi connectivity index (χ0v) is 26.2. The number of fused-ring (bicyclic) bond motifs is 5. The average Bonchev–Trinajstić information content (AvgIpc) is 3.56. The maximum Gasteiger partial charge on any atom is 0.161 e. The van der Waals surface area contributed by atoms with E-state index in [1.807, 2.05) is 72.8 Å². The number of amidine groups is 1. The van der Waals surface area contributed by atoms with Gasteiger partial charge in [0.25, 0.3) is 0 Å². The Morgan fingerprint density at radius 3 is 1.98 bits per heavy atom. The van der Waals surface area contributed by atoms with Crippen LogP contribution in [0.4, 0.5) is 0 Å². The van der Waals surface area contributed by atoms with E-state index in [1.54, 1.807) is 24.8 Å². The van der Waals surface area contributed by atoms with Crippen LogP contribution >= 0.6 is 0 Å². The van der Waals surface area contributed by atoms with Gasteiger partial charge < -0.3 is 0 Å². The minimum atomic E-state index is 0.588. The van der Waals surface area contributed by atoms with Gasteiger partial charge in [0.2, 0.25) is 0 Å². The second kappa shape index (κ2) is 12.1. The predicted molar refractivity (Wildman–Crippen MR) is 198 cm³/mol. The Balaban J connectivity index is 1.05. The Bertz CT molecular complexity index is 2620. The lowest BCUT2D eigenvalue weighted by Crippen LogP contribution is -2.07. The number of pyridine rings is 4. The zero-order valence-electron chi connectivity index (χ0n) is 26.2. The number of nitrogens with zero attached hydrogens (tertiary/aromatic N) is 7. The Hall–Kier alpha value is -6.86. The molecule has 7 heteroatoms. The van der Waals surface area contributed by atoms with Crippen molar-refractivity contribution >= 4 is 44.8 Å². The fourth-order valence-electron chi connectivity index (χ4n) is 6.23. The average molecular weight is 630 g/mol. The van der Waals surface area contributed by atoms with Crippen molar-refractivity contribution in [2.24, 2.45) is 9.98 Å². The van der Waals surface area contributed by atoms with Crippen LogP contribution in [0.3, 0.4) is 0 Å². The first-order valence-electron chi connectivity index (χ1n) is 16.0. The highest BCUT2D eigenvalue weighted by Gasteiger charge is 2.16. The predicted octanol–water partition coefficient (Wildman–Crippen LogP) is 9.01. The SMILES string of the molecule is C1=CC(c2ccc(-c3ccc(-c4nc5ccccc5c5nc6ccccn6c45)cc3)cc2)=NC(c2cccnc2)=NC(c2cccnc2)=C1. The van der Waals surface area contributed by atoms with Gasteiger partial charge in [-0.1, -0.05) is 78.9 Å². The Kier molecular flexibility index (Phi) is 6.98. The quantitative estimate of drug-likeness (QED) is 0.190. The lowest BCUT2D eigenvalue weighted by atomic mass is 9.99. The molecule has 0 amide bonds. The van der Waals surface area contributed by atoms with Crippen LogP contribution in [0.1, 0.15) is 16.7 Å². The molecule has 3 aromatic carbocycles. The Morgan fingerprint density at radius 2 is 1.22 bits per heavy atom. The smallest absolute Gasteiger partial charge is 0.161 e. The molecule has 8 aromatic rings. The van der Waals surface area contributed by atoms with E-state index in [2.05, 4.69) is 81.2 Å². The largest absolute Gasteiger partial charge is 0.298 e. The highest BCUT2D eigenvalue weighted by Crippen LogP contribution is 2.34. The van der Waals surface area contributed by atoms with Crippen LogP contribution in [0.5, 0.6) is 0 Å². The molecule has 0 aliphatic carbocycles. The Labute approximate surface area is 282 Å². The second-order valence-corrected chi connectivity index (χ2v) is 11.7. The number of para-hydroxylation sites is 1. The summed E-state index contributed by atoms with van der Waals surface area (Å²) in [6.07, 6.45) is 15.1. The van der Waals surface area contributed by atoms with Crippen LogP contribution in [0, 0.1) is 0 Å². The molecule has 6 heterocycles. The van der Waals surface area contributed by atoms with Crippen molar-refractivity contribution in [1.82, 2.24) is 24.3 Å². The molecule has 0 fully saturated rings. The molecule has 0 atom stereocenters. The van der Waals surface area contributed by atoms with Crippen LogP contribution < -0.4 is 0 Å². The maximum absolute atomic E-state index is 5.12. The molecule has 9 rings (SSSR count). The summed E-state index contributed by atoms with van der Waals surface area (Å²) in [6.45, 7) is 0. The maximum atomic E-state index is 5.12. The van der Waals surface area contributed by atoms with Crippen LogP contribution in [0.25, 0.3) is 55.7 Å². The normalized spacial score (nSPS) is 13.2. The van der Waals surface area contributed by atoms with E-state index in [-0.39, 0.29) is 0 Å². The number of hydrogen-bond donors (Lipinski definition) is 0. The molecule has 0 spiro atoms. The van der Waals surface area contributed by atoms with E-state index in [0.717, 1.165) is 78.1 Å². The molecule has 7 nitrogen and oxygen atoms in total. The fourth-order valence-corrected chi connectivity index (χ4v) is 6.23. The lowest BCUT2D eigenvalue weighted by molar-refractivity contribution is 1.22. The third-order valence-corrected chi connectivity index (χ3v) is 8.66. The van der Waals surface area contributed by atoms with Gasteiger partial charge in [0.1, 0.15) is 11.2 Å². The number of benzene rings is 3. The van der Waals surface area contributed by atoms with Gasteiger partial charge in [-0.2, -0.15) is 0 Å². The van der Waals surface area contributed by atoms with Crippen LogP contribution in [-0.2, 0) is 0 Å². The first kappa shape index (κ1) is 28.4. The molecule has 230 valence electrons. The van der Waals surface area contributed by atoms with Crippen molar-refractivity contribution in [3.05, 3.63) is 181 Å². The topological polar surface area (TPSA) is 80.7 Å². The summed E-state index contributed by atoms with van der Waals surface area (Å²) in [6, 6.07) is 39.1. The van der Waals surface area contributed by atoms with Gasteiger partial charge in [-0.3, -0.25) is 14.4 Å². The number of rotatable bonds is 5. The van der Waals surface area contributed by atoms with E-state index in [9.17, 15) is 0 Å². The van der Waals surface area contributed by atoms with E-state index >= 15 is 0 Å². The van der Waals surface area contributed by atoms with E-state index in [0.29, 0.717) is 5.84 Å². The van der Waals surface area contributed by atoms with Crippen molar-refractivity contribution in [3.63, 3.8) is 0 Å². The summed E-state index contributed by atoms with van der Waals surface area (Å²) >= 11 is 0. The van der Waals surface area contributed by atoms with Crippen LogP contribution in [0.2, 0.25) is 0 Å². The summed E-state index contributed by atoms with van der Waals surface area (Å²) in [4.78, 5) is 28.7. The van der Waals surface area contributed by atoms with Gasteiger partial charge in [0.05, 0.1) is 28.1 Å². The van der Waals surface area contributed by atoms with E-state index in [4.69, 9.17) is 20.0 Å². The number of allylic oxidation sites excluding steroid dienone is 3. The highest BCUT2D eigenvalue weighted by molar-refractivity contribution is 6.18. The van der Waals surface area contributed by atoms with Crippen molar-refractivity contribution < 1.29 is 0 Å². The fraction of sp³-hybridized carbons (Fsp3) is 0. The van der Waals surface area contributed by atoms with Crippen molar-refractivity contribution in [1.29, 1.82) is 0 Å². The molecule has 1 aliphatic heterocycles. The van der Waals surface area contributed by atoms with Crippen molar-refractivity contribution in [2.45, 2.75) is 0 Å². The summed E-state index contributed by atoms with van der Waals surface area (Å²) < 4.78 is 2.13. The number of aliphatic imine (C=N–C) groups is 2. The Morgan fingerprint density at radius 1 is 0.531 bits per heavy atom. The third-order valence-electron chi connectivity index (χ3n) is 8.66. The van der Waals surface area contributed by atoms with E-state index in [1.165, 1.54) is 0 Å². The standard InChI is InChI=1S/C42H27N7/c1-2-11-37-34(10-1)40-41(49-25-4-3-14-38(49)48-40)39(45-37)31-21-17-29(18-22-31)28-15-19-30(20-16-28)35-12-5-13-36(32-8-6-23-43-26-32)47-42(46-35)33-9-7-24-44-27-33/h1-27H. The summed E-state index contributed by atoms with van der Waals surface area (Å²) in [5, 5.41) is 1.05. The molecular weight excluding hydrogens is 603 g/mol. The molecular formula is C42H27N7. The van der Waals surface area contributed by atoms with E-state index < -0.39 is 0 Å². The molecule has 0 saturated carbocycles. The van der Waals surface area contributed by atoms with Gasteiger partial charge in [0.15, 0.2) is 5.84 Å². The van der Waals surface area contributed by atoms with Gasteiger partial charge >= 0.3 is 0 Å². The number of hydrogen-bond acceptors (Lipinski definition) is 6. The van der Waals surface area contributed by atoms with Crippen LogP contribution in [0.15, 0.2) is 174 Å². The molecule has 5 aromatic heterocycles. The monoisotopic (exact) mass is 629 g/mol. The third kappa shape index (κ3) is 5.29. The summed E-state index contributed by atoms with van der Waals surface area (Å²) in [5.41, 5.74) is 12.3. The molecule has 0 bridgehead atoms. The minimum Gasteiger partial charge on any atom is -0.298 e. The number of aromatic nitrogens is 5. The second-order valence-electron chi connectivity index (χ2n) is 11.7. The highest BCUT2D eigenvalue weighted by atomic mass is 15.0. The van der Waals surface area contributed by atoms with Crippen molar-refractivity contribution in [2.75, 3.05) is 0 Å². The first-order chi connectivity index (χ1) is 24.3. The summed E-state index contributed by atoms with van der Waals surface area (Å²) in [7, 11) is 0. The molecule has 0 N–H and O–H groups in total. The lowest BCUT2D eigenvalue weighted by Gasteiger charge is -2.11. The molecule has 1 aliphatic rings. The van der Waals surface area contributed by atoms with Gasteiger partial charge in [-0.15, -0.1) is 0 Å². The molecule has 0 radical (unpaired) electrons. The minimum absolute atomic E-state index is 0.588. The summed E-state index contributed by atoms with van der Waals surface area (Å²) in [5.74, 6) is 0.588. The zero-order chi connectivity index (χ0) is 32.6. The number of imidazole rings is 1. The van der Waals surface area contributed by atoms with Gasteiger partial charge in [-0.05, 0) is 65.7 Å². The first-order valence-corrected chi connectivity index (χ1v) is 16.0. The molecule has 0 saturated heterocycles. The van der Waals surface area contributed by atoms with Gasteiger partial charge in [-0.25, -0.2) is 20.0 Å².